The lowest BCUT2D eigenvalue weighted by molar-refractivity contribution is 0.120. The molecule has 2 atom stereocenters. The first-order valence-electron chi connectivity index (χ1n) is 7.98. The second-order valence-electron chi connectivity index (χ2n) is 6.34. The highest BCUT2D eigenvalue weighted by atomic mass is 32.2. The number of methoxy groups -OCH3 is 1. The summed E-state index contributed by atoms with van der Waals surface area (Å²) in [5, 5.41) is 0. The van der Waals surface area contributed by atoms with Crippen LogP contribution in [0, 0.1) is 11.8 Å². The first-order chi connectivity index (χ1) is 9.98. The van der Waals surface area contributed by atoms with Crippen LogP contribution in [0.2, 0.25) is 0 Å². The second-order valence-corrected chi connectivity index (χ2v) is 8.26. The van der Waals surface area contributed by atoms with Gasteiger partial charge < -0.3 is 10.5 Å². The molecule has 0 aromatic rings. The molecule has 0 aromatic heterocycles. The average Bonchev–Trinajstić information content (AvgIpc) is 2.82. The molecule has 0 bridgehead atoms. The lowest BCUT2D eigenvalue weighted by Gasteiger charge is -2.33. The van der Waals surface area contributed by atoms with Gasteiger partial charge in [-0.15, -0.1) is 0 Å². The van der Waals surface area contributed by atoms with Crippen LogP contribution < -0.4 is 5.73 Å². The van der Waals surface area contributed by atoms with E-state index in [0.29, 0.717) is 38.0 Å². The van der Waals surface area contributed by atoms with E-state index in [1.165, 1.54) is 0 Å². The molecular weight excluding hydrogens is 290 g/mol. The van der Waals surface area contributed by atoms with Gasteiger partial charge in [0.15, 0.2) is 0 Å². The standard InChI is InChI=1S/C14H29N3O3S/c1-3-4-13-9-17(10-14(13)15)21(18,19)16-7-5-12(6-8-16)11-20-2/h12-14H,3-11,15H2,1-2H3/t13-,14-/m0/s1. The third-order valence-corrected chi connectivity index (χ3v) is 6.71. The Morgan fingerprint density at radius 3 is 2.43 bits per heavy atom. The summed E-state index contributed by atoms with van der Waals surface area (Å²) >= 11 is 0. The lowest BCUT2D eigenvalue weighted by atomic mass is 9.99. The number of ether oxygens (including phenoxy) is 1. The molecule has 0 spiro atoms. The Morgan fingerprint density at radius 1 is 1.19 bits per heavy atom. The van der Waals surface area contributed by atoms with Gasteiger partial charge in [0.25, 0.3) is 10.2 Å². The van der Waals surface area contributed by atoms with E-state index >= 15 is 0 Å². The lowest BCUT2D eigenvalue weighted by Crippen LogP contribution is -2.47. The average molecular weight is 319 g/mol. The van der Waals surface area contributed by atoms with Crippen molar-refractivity contribution in [2.75, 3.05) is 39.9 Å². The van der Waals surface area contributed by atoms with E-state index in [-0.39, 0.29) is 6.04 Å². The highest BCUT2D eigenvalue weighted by Gasteiger charge is 2.40. The number of hydrogen-bond acceptors (Lipinski definition) is 4. The molecule has 124 valence electrons. The maximum Gasteiger partial charge on any atom is 0.282 e. The van der Waals surface area contributed by atoms with Gasteiger partial charge in [-0.2, -0.15) is 17.0 Å². The van der Waals surface area contributed by atoms with E-state index in [1.807, 2.05) is 0 Å². The molecule has 0 unspecified atom stereocenters. The quantitative estimate of drug-likeness (QED) is 0.780. The molecule has 0 aromatic carbocycles. The van der Waals surface area contributed by atoms with Crippen molar-refractivity contribution in [1.29, 1.82) is 0 Å². The molecule has 2 N–H and O–H groups in total. The summed E-state index contributed by atoms with van der Waals surface area (Å²) in [5.74, 6) is 0.783. The third kappa shape index (κ3) is 3.96. The number of hydrogen-bond donors (Lipinski definition) is 1. The van der Waals surface area contributed by atoms with Gasteiger partial charge in [0.05, 0.1) is 0 Å². The number of nitrogens with two attached hydrogens (primary N) is 1. The minimum absolute atomic E-state index is 0.0224. The highest BCUT2D eigenvalue weighted by molar-refractivity contribution is 7.86. The molecule has 0 amide bonds. The van der Waals surface area contributed by atoms with Crippen LogP contribution in [-0.4, -0.2) is 63.0 Å². The topological polar surface area (TPSA) is 75.9 Å². The van der Waals surface area contributed by atoms with Crippen LogP contribution in [0.3, 0.4) is 0 Å². The van der Waals surface area contributed by atoms with E-state index in [4.69, 9.17) is 10.5 Å². The molecule has 7 heteroatoms. The van der Waals surface area contributed by atoms with Crippen LogP contribution in [0.15, 0.2) is 0 Å². The second kappa shape index (κ2) is 7.37. The zero-order valence-electron chi connectivity index (χ0n) is 13.2. The van der Waals surface area contributed by atoms with Crippen LogP contribution in [0.4, 0.5) is 0 Å². The number of rotatable bonds is 6. The maximum atomic E-state index is 12.7. The Hall–Kier alpha value is -0.210. The van der Waals surface area contributed by atoms with E-state index in [1.54, 1.807) is 15.7 Å². The predicted molar refractivity (Wildman–Crippen MR) is 83.0 cm³/mol. The van der Waals surface area contributed by atoms with E-state index < -0.39 is 10.2 Å². The molecule has 0 radical (unpaired) electrons. The van der Waals surface area contributed by atoms with E-state index in [2.05, 4.69) is 6.92 Å². The van der Waals surface area contributed by atoms with Gasteiger partial charge >= 0.3 is 0 Å². The molecule has 0 aliphatic carbocycles. The fraction of sp³-hybridized carbons (Fsp3) is 1.00. The summed E-state index contributed by atoms with van der Waals surface area (Å²) in [7, 11) is -1.64. The van der Waals surface area contributed by atoms with Crippen molar-refractivity contribution in [2.24, 2.45) is 17.6 Å². The SMILES string of the molecule is CCC[C@H]1CN(S(=O)(=O)N2CCC(COC)CC2)C[C@@H]1N. The van der Waals surface area contributed by atoms with Crippen LogP contribution in [-0.2, 0) is 14.9 Å². The molecule has 2 aliphatic rings. The molecule has 2 saturated heterocycles. The smallest absolute Gasteiger partial charge is 0.282 e. The minimum atomic E-state index is -3.34. The summed E-state index contributed by atoms with van der Waals surface area (Å²) in [6, 6.07) is -0.0224. The van der Waals surface area contributed by atoms with Crippen LogP contribution in [0.1, 0.15) is 32.6 Å². The fourth-order valence-electron chi connectivity index (χ4n) is 3.43. The molecule has 6 nitrogen and oxygen atoms in total. The summed E-state index contributed by atoms with van der Waals surface area (Å²) in [6.07, 6.45) is 3.81. The van der Waals surface area contributed by atoms with Gasteiger partial charge in [-0.3, -0.25) is 0 Å². The largest absolute Gasteiger partial charge is 0.384 e. The first-order valence-corrected chi connectivity index (χ1v) is 9.38. The Labute approximate surface area is 128 Å². The summed E-state index contributed by atoms with van der Waals surface area (Å²) in [6.45, 7) is 5.08. The van der Waals surface area contributed by atoms with Gasteiger partial charge in [-0.25, -0.2) is 0 Å². The zero-order chi connectivity index (χ0) is 15.5. The molecular formula is C14H29N3O3S. The van der Waals surface area contributed by atoms with Gasteiger partial charge in [-0.05, 0) is 31.1 Å². The monoisotopic (exact) mass is 319 g/mol. The summed E-state index contributed by atoms with van der Waals surface area (Å²) in [4.78, 5) is 0. The van der Waals surface area contributed by atoms with Crippen LogP contribution in [0.5, 0.6) is 0 Å². The Bertz CT molecular complexity index is 421. The fourth-order valence-corrected chi connectivity index (χ4v) is 5.17. The van der Waals surface area contributed by atoms with Gasteiger partial charge in [-0.1, -0.05) is 13.3 Å². The van der Waals surface area contributed by atoms with Crippen molar-refractivity contribution in [3.05, 3.63) is 0 Å². The normalized spacial score (nSPS) is 30.0. The highest BCUT2D eigenvalue weighted by Crippen LogP contribution is 2.27. The molecule has 2 aliphatic heterocycles. The number of piperidine rings is 1. The molecule has 0 saturated carbocycles. The molecule has 2 rings (SSSR count). The number of nitrogens with zero attached hydrogens (tertiary/aromatic N) is 2. The predicted octanol–water partition coefficient (Wildman–Crippen LogP) is 0.649. The molecule has 2 heterocycles. The van der Waals surface area contributed by atoms with Crippen molar-refractivity contribution in [1.82, 2.24) is 8.61 Å². The third-order valence-electron chi connectivity index (χ3n) is 4.75. The van der Waals surface area contributed by atoms with Crippen molar-refractivity contribution >= 4 is 10.2 Å². The first kappa shape index (κ1) is 17.1. The maximum absolute atomic E-state index is 12.7. The van der Waals surface area contributed by atoms with E-state index in [9.17, 15) is 8.42 Å². The van der Waals surface area contributed by atoms with Crippen molar-refractivity contribution in [3.8, 4) is 0 Å². The molecule has 2 fully saturated rings. The minimum Gasteiger partial charge on any atom is -0.384 e. The van der Waals surface area contributed by atoms with Gasteiger partial charge in [0.2, 0.25) is 0 Å². The van der Waals surface area contributed by atoms with Crippen LogP contribution in [0.25, 0.3) is 0 Å². The van der Waals surface area contributed by atoms with Crippen molar-refractivity contribution < 1.29 is 13.2 Å². The van der Waals surface area contributed by atoms with Crippen LogP contribution >= 0.6 is 0 Å². The van der Waals surface area contributed by atoms with Crippen molar-refractivity contribution in [3.63, 3.8) is 0 Å². The van der Waals surface area contributed by atoms with Crippen molar-refractivity contribution in [2.45, 2.75) is 38.6 Å². The van der Waals surface area contributed by atoms with Gasteiger partial charge in [0, 0.05) is 45.9 Å². The zero-order valence-corrected chi connectivity index (χ0v) is 14.0. The van der Waals surface area contributed by atoms with E-state index in [0.717, 1.165) is 32.3 Å². The summed E-state index contributed by atoms with van der Waals surface area (Å²) in [5.41, 5.74) is 6.10. The summed E-state index contributed by atoms with van der Waals surface area (Å²) < 4.78 is 33.8. The molecule has 21 heavy (non-hydrogen) atoms. The Balaban J connectivity index is 1.94. The van der Waals surface area contributed by atoms with Gasteiger partial charge in [0.1, 0.15) is 0 Å². The Morgan fingerprint density at radius 2 is 1.86 bits per heavy atom. The Kier molecular flexibility index (Phi) is 6.02.